The maximum Gasteiger partial charge on any atom is 0.410 e. The van der Waals surface area contributed by atoms with Crippen molar-refractivity contribution in [1.82, 2.24) is 34.6 Å². The molecule has 52 heavy (non-hydrogen) atoms. The van der Waals surface area contributed by atoms with Gasteiger partial charge >= 0.3 is 6.09 Å². The zero-order chi connectivity index (χ0) is 37.0. The minimum absolute atomic E-state index is 0.0717. The van der Waals surface area contributed by atoms with Crippen molar-refractivity contribution in [2.45, 2.75) is 96.4 Å². The predicted molar refractivity (Wildman–Crippen MR) is 197 cm³/mol. The molecular weight excluding hydrogens is 669 g/mol. The van der Waals surface area contributed by atoms with E-state index in [0.717, 1.165) is 49.8 Å². The van der Waals surface area contributed by atoms with Gasteiger partial charge in [0.25, 0.3) is 5.91 Å². The molecule has 6 heterocycles. The van der Waals surface area contributed by atoms with E-state index < -0.39 is 17.9 Å². The van der Waals surface area contributed by atoms with Gasteiger partial charge in [-0.1, -0.05) is 0 Å². The molecule has 2 N–H and O–H groups in total. The number of nitrogens with zero attached hydrogens (tertiary/aromatic N) is 7. The highest BCUT2D eigenvalue weighted by Crippen LogP contribution is 2.28. The average molecular weight is 724 g/mol. The number of fused-ring (bicyclic) bond motifs is 1. The van der Waals surface area contributed by atoms with Crippen molar-refractivity contribution < 1.29 is 28.2 Å². The highest BCUT2D eigenvalue weighted by atomic mass is 19.1. The Morgan fingerprint density at radius 1 is 1.06 bits per heavy atom. The lowest BCUT2D eigenvalue weighted by molar-refractivity contribution is -0.0645. The molecule has 3 aromatic rings. The fourth-order valence-electron chi connectivity index (χ4n) is 6.97. The topological polar surface area (TPSA) is 139 Å². The molecule has 3 aliphatic heterocycles. The van der Waals surface area contributed by atoms with Crippen LogP contribution in [0.15, 0.2) is 30.7 Å². The van der Waals surface area contributed by atoms with E-state index >= 15 is 0 Å². The number of alkyl halides is 1. The maximum atomic E-state index is 14.5. The van der Waals surface area contributed by atoms with Crippen molar-refractivity contribution in [1.29, 1.82) is 0 Å². The van der Waals surface area contributed by atoms with Crippen molar-refractivity contribution in [3.8, 4) is 0 Å². The monoisotopic (exact) mass is 723 g/mol. The number of pyridine rings is 1. The van der Waals surface area contributed by atoms with Crippen molar-refractivity contribution in [3.05, 3.63) is 36.3 Å². The molecular formula is C37H54FN9O5. The van der Waals surface area contributed by atoms with Crippen molar-refractivity contribution in [2.75, 3.05) is 69.7 Å². The fourth-order valence-corrected chi connectivity index (χ4v) is 6.97. The number of methoxy groups -OCH3 is 1. The minimum atomic E-state index is -1.11. The Kier molecular flexibility index (Phi) is 11.8. The second-order valence-electron chi connectivity index (χ2n) is 15.3. The molecule has 0 saturated carbocycles. The standard InChI is InChI=1S/C37H54FN9O5/c1-24(2)47-22-28(27-19-40-33(18-30(27)47)42-32-8-12-39-35(43-32)45-16-11-31(50-6)29(38)23-45)34(48)41-25-9-14-44(15-10-25)13-7-17-51-26-20-46(21-26)36(49)52-37(3,4)5/h8,12,18-19,22,24-26,29,31H,7,9-11,13-17,20-21,23H2,1-6H3,(H,41,48)(H,39,40,42,43)/t29-,31+/m0/s1. The molecule has 0 radical (unpaired) electrons. The number of amides is 2. The summed E-state index contributed by atoms with van der Waals surface area (Å²) in [5.41, 5.74) is 1.01. The van der Waals surface area contributed by atoms with Gasteiger partial charge in [-0.2, -0.15) is 4.98 Å². The van der Waals surface area contributed by atoms with E-state index in [1.165, 1.54) is 7.11 Å². The van der Waals surface area contributed by atoms with Gasteiger partial charge in [0.05, 0.1) is 42.9 Å². The molecule has 3 fully saturated rings. The van der Waals surface area contributed by atoms with E-state index in [0.29, 0.717) is 55.8 Å². The number of nitrogens with one attached hydrogen (secondary N) is 2. The first-order chi connectivity index (χ1) is 24.9. The van der Waals surface area contributed by atoms with E-state index in [9.17, 15) is 14.0 Å². The van der Waals surface area contributed by atoms with Gasteiger partial charge in [0.2, 0.25) is 5.95 Å². The molecule has 15 heteroatoms. The summed E-state index contributed by atoms with van der Waals surface area (Å²) in [7, 11) is 1.54. The summed E-state index contributed by atoms with van der Waals surface area (Å²) in [5, 5.41) is 7.34. The van der Waals surface area contributed by atoms with Crippen LogP contribution in [0.5, 0.6) is 0 Å². The number of carbonyl (C=O) groups excluding carboxylic acids is 2. The molecule has 0 bridgehead atoms. The first kappa shape index (κ1) is 37.7. The second kappa shape index (κ2) is 16.3. The summed E-state index contributed by atoms with van der Waals surface area (Å²) in [6, 6.07) is 3.90. The fraction of sp³-hybridized carbons (Fsp3) is 0.649. The molecule has 0 spiro atoms. The third kappa shape index (κ3) is 9.28. The first-order valence-electron chi connectivity index (χ1n) is 18.5. The maximum absolute atomic E-state index is 14.5. The molecule has 2 atom stereocenters. The van der Waals surface area contributed by atoms with Gasteiger partial charge in [0.15, 0.2) is 0 Å². The van der Waals surface area contributed by atoms with Crippen LogP contribution in [0.25, 0.3) is 10.9 Å². The van der Waals surface area contributed by atoms with Crippen LogP contribution < -0.4 is 15.5 Å². The number of carbonyl (C=O) groups is 2. The smallest absolute Gasteiger partial charge is 0.410 e. The SMILES string of the molecule is CO[C@@H]1CCN(c2nccc(Nc3cc4c(cn3)c(C(=O)NC3CCN(CCCOC5CN(C(=O)OC(C)(C)C)C5)CC3)cn4C(C)C)n2)C[C@@H]1F. The van der Waals surface area contributed by atoms with E-state index in [4.69, 9.17) is 14.2 Å². The van der Waals surface area contributed by atoms with Crippen LogP contribution >= 0.6 is 0 Å². The summed E-state index contributed by atoms with van der Waals surface area (Å²) >= 11 is 0. The van der Waals surface area contributed by atoms with Crippen LogP contribution in [0.4, 0.5) is 26.8 Å². The number of likely N-dealkylation sites (tertiary alicyclic amines) is 2. The predicted octanol–water partition coefficient (Wildman–Crippen LogP) is 4.93. The number of hydrogen-bond donors (Lipinski definition) is 2. The Balaban J connectivity index is 0.976. The average Bonchev–Trinajstić information content (AvgIpc) is 3.47. The lowest BCUT2D eigenvalue weighted by Gasteiger charge is -2.39. The molecule has 3 saturated heterocycles. The van der Waals surface area contributed by atoms with Crippen LogP contribution in [0.3, 0.4) is 0 Å². The largest absolute Gasteiger partial charge is 0.444 e. The van der Waals surface area contributed by atoms with Gasteiger partial charge in [0.1, 0.15) is 23.4 Å². The zero-order valence-corrected chi connectivity index (χ0v) is 31.3. The summed E-state index contributed by atoms with van der Waals surface area (Å²) in [6.07, 6.45) is 6.82. The van der Waals surface area contributed by atoms with E-state index in [1.807, 2.05) is 37.9 Å². The number of ether oxygens (including phenoxy) is 3. The lowest BCUT2D eigenvalue weighted by atomic mass is 10.0. The Hall–Kier alpha value is -4.08. The van der Waals surface area contributed by atoms with Crippen molar-refractivity contribution in [3.63, 3.8) is 0 Å². The van der Waals surface area contributed by atoms with Crippen LogP contribution in [0.2, 0.25) is 0 Å². The summed E-state index contributed by atoms with van der Waals surface area (Å²) in [4.78, 5) is 45.3. The summed E-state index contributed by atoms with van der Waals surface area (Å²) < 4.78 is 33.2. The molecule has 2 amide bonds. The number of piperidine rings is 2. The summed E-state index contributed by atoms with van der Waals surface area (Å²) in [5.74, 6) is 1.49. The Morgan fingerprint density at radius 2 is 1.83 bits per heavy atom. The zero-order valence-electron chi connectivity index (χ0n) is 31.3. The minimum Gasteiger partial charge on any atom is -0.444 e. The van der Waals surface area contributed by atoms with Gasteiger partial charge in [-0.15, -0.1) is 0 Å². The molecule has 0 unspecified atom stereocenters. The molecule has 3 aliphatic rings. The lowest BCUT2D eigenvalue weighted by Crippen LogP contribution is -2.56. The molecule has 6 rings (SSSR count). The molecule has 0 aliphatic carbocycles. The first-order valence-corrected chi connectivity index (χ1v) is 18.5. The van der Waals surface area contributed by atoms with Crippen LogP contribution in [-0.2, 0) is 14.2 Å². The number of rotatable bonds is 12. The number of halogens is 1. The van der Waals surface area contributed by atoms with E-state index in [-0.39, 0.29) is 36.7 Å². The van der Waals surface area contributed by atoms with Gasteiger partial charge in [-0.3, -0.25) is 4.79 Å². The highest BCUT2D eigenvalue weighted by molar-refractivity contribution is 6.07. The Labute approximate surface area is 305 Å². The van der Waals surface area contributed by atoms with Crippen LogP contribution in [0, 0.1) is 0 Å². The van der Waals surface area contributed by atoms with Gasteiger partial charge < -0.3 is 44.1 Å². The second-order valence-corrected chi connectivity index (χ2v) is 15.3. The van der Waals surface area contributed by atoms with Crippen molar-refractivity contribution in [2.24, 2.45) is 0 Å². The van der Waals surface area contributed by atoms with Gasteiger partial charge in [-0.25, -0.2) is 19.2 Å². The third-order valence-corrected chi connectivity index (χ3v) is 9.88. The van der Waals surface area contributed by atoms with Crippen LogP contribution in [-0.4, -0.2) is 131 Å². The number of aromatic nitrogens is 4. The molecule has 0 aromatic carbocycles. The quantitative estimate of drug-likeness (QED) is 0.246. The third-order valence-electron chi connectivity index (χ3n) is 9.88. The highest BCUT2D eigenvalue weighted by Gasteiger charge is 2.34. The Morgan fingerprint density at radius 3 is 2.52 bits per heavy atom. The van der Waals surface area contributed by atoms with Crippen LogP contribution in [0.1, 0.15) is 76.7 Å². The molecule has 284 valence electrons. The molecule has 14 nitrogen and oxygen atoms in total. The normalized spacial score (nSPS) is 20.7. The number of anilines is 3. The van der Waals surface area contributed by atoms with E-state index in [2.05, 4.69) is 48.9 Å². The Bertz CT molecular complexity index is 1680. The van der Waals surface area contributed by atoms with Gasteiger partial charge in [-0.05, 0) is 66.4 Å². The summed E-state index contributed by atoms with van der Waals surface area (Å²) in [6.45, 7) is 15.1. The molecule has 3 aromatic heterocycles. The van der Waals surface area contributed by atoms with Crippen molar-refractivity contribution >= 4 is 40.5 Å². The van der Waals surface area contributed by atoms with E-state index in [1.54, 1.807) is 23.4 Å². The number of hydrogen-bond acceptors (Lipinski definition) is 11. The van der Waals surface area contributed by atoms with Gasteiger partial charge in [0, 0.05) is 82.0 Å².